The molecule has 0 aromatic carbocycles. The van der Waals surface area contributed by atoms with E-state index in [9.17, 15) is 0 Å². The van der Waals surface area contributed by atoms with Crippen molar-refractivity contribution in [1.82, 2.24) is 0 Å². The van der Waals surface area contributed by atoms with Crippen LogP contribution in [-0.2, 0) is 0 Å². The SMILES string of the molecule is [In].[Sn].c1ccoc1. The molecule has 1 aromatic rings. The fourth-order valence-corrected chi connectivity index (χ4v) is 0.227. The van der Waals surface area contributed by atoms with Crippen LogP contribution in [0.25, 0.3) is 0 Å². The van der Waals surface area contributed by atoms with Gasteiger partial charge in [0, 0.05) is 49.8 Å². The molecule has 7 radical (unpaired) electrons. The van der Waals surface area contributed by atoms with E-state index in [1.165, 1.54) is 0 Å². The molecule has 0 N–H and O–H groups in total. The first-order valence-electron chi connectivity index (χ1n) is 1.47. The maximum absolute atomic E-state index is 4.58. The molecule has 1 aromatic heterocycles. The first-order valence-corrected chi connectivity index (χ1v) is 1.47. The number of hydrogen-bond donors (Lipinski definition) is 0. The summed E-state index contributed by atoms with van der Waals surface area (Å²) >= 11 is 0. The van der Waals surface area contributed by atoms with Gasteiger partial charge in [-0.1, -0.05) is 0 Å². The summed E-state index contributed by atoms with van der Waals surface area (Å²) in [4.78, 5) is 0. The van der Waals surface area contributed by atoms with Gasteiger partial charge < -0.3 is 4.42 Å². The van der Waals surface area contributed by atoms with Crippen molar-refractivity contribution in [3.05, 3.63) is 24.7 Å². The average molecular weight is 302 g/mol. The van der Waals surface area contributed by atoms with Gasteiger partial charge >= 0.3 is 0 Å². The van der Waals surface area contributed by atoms with E-state index in [0.29, 0.717) is 0 Å². The molecule has 0 atom stereocenters. The van der Waals surface area contributed by atoms with E-state index >= 15 is 0 Å². The zero-order valence-corrected chi connectivity index (χ0v) is 9.94. The smallest absolute Gasteiger partial charge is 0.0902 e. The Kier molecular flexibility index (Phi) is 10.8. The van der Waals surface area contributed by atoms with Crippen molar-refractivity contribution >= 4 is 49.8 Å². The summed E-state index contributed by atoms with van der Waals surface area (Å²) in [6, 6.07) is 3.67. The van der Waals surface area contributed by atoms with Crippen LogP contribution in [-0.4, -0.2) is 49.8 Å². The largest absolute Gasteiger partial charge is 0.473 e. The minimum absolute atomic E-state index is 0. The summed E-state index contributed by atoms with van der Waals surface area (Å²) in [5.41, 5.74) is 0. The fraction of sp³-hybridized carbons (Fsp3) is 0. The summed E-state index contributed by atoms with van der Waals surface area (Å²) in [5, 5.41) is 0. The molecular weight excluding hydrogens is 298 g/mol. The quantitative estimate of drug-likeness (QED) is 0.637. The Balaban J connectivity index is 0. The van der Waals surface area contributed by atoms with Crippen LogP contribution in [0.4, 0.5) is 0 Å². The standard InChI is InChI=1S/C4H4O.In.Sn/c1-2-4-5-3-1;;/h1-4H;;. The normalized spacial score (nSPS) is 5.71. The molecular formula is C4H4InOSn. The Bertz CT molecular complexity index is 68.2. The van der Waals surface area contributed by atoms with Gasteiger partial charge in [0.25, 0.3) is 0 Å². The number of furan rings is 1. The van der Waals surface area contributed by atoms with E-state index in [-0.39, 0.29) is 49.8 Å². The summed E-state index contributed by atoms with van der Waals surface area (Å²) in [6.45, 7) is 0. The van der Waals surface area contributed by atoms with E-state index < -0.39 is 0 Å². The van der Waals surface area contributed by atoms with Crippen LogP contribution in [0.2, 0.25) is 0 Å². The molecule has 0 aliphatic carbocycles. The van der Waals surface area contributed by atoms with Crippen molar-refractivity contribution in [3.8, 4) is 0 Å². The molecule has 0 spiro atoms. The second kappa shape index (κ2) is 6.95. The minimum atomic E-state index is 0. The molecule has 0 bridgehead atoms. The van der Waals surface area contributed by atoms with Gasteiger partial charge in [0.2, 0.25) is 0 Å². The maximum atomic E-state index is 4.58. The Labute approximate surface area is 78.2 Å². The van der Waals surface area contributed by atoms with Crippen LogP contribution in [0, 0.1) is 0 Å². The van der Waals surface area contributed by atoms with Gasteiger partial charge in [-0.25, -0.2) is 0 Å². The van der Waals surface area contributed by atoms with Crippen LogP contribution in [0.5, 0.6) is 0 Å². The first-order chi connectivity index (χ1) is 2.50. The minimum Gasteiger partial charge on any atom is -0.473 e. The molecule has 0 fully saturated rings. The van der Waals surface area contributed by atoms with Crippen LogP contribution in [0.3, 0.4) is 0 Å². The second-order valence-corrected chi connectivity index (χ2v) is 0.793. The molecule has 33 valence electrons. The van der Waals surface area contributed by atoms with Crippen molar-refractivity contribution < 1.29 is 4.42 Å². The summed E-state index contributed by atoms with van der Waals surface area (Å²) < 4.78 is 4.58. The van der Waals surface area contributed by atoms with Crippen LogP contribution in [0.1, 0.15) is 0 Å². The fourth-order valence-electron chi connectivity index (χ4n) is 0.227. The first kappa shape index (κ1) is 10.8. The second-order valence-electron chi connectivity index (χ2n) is 0.793. The zero-order chi connectivity index (χ0) is 3.54. The third-order valence-electron chi connectivity index (χ3n) is 0.425. The van der Waals surface area contributed by atoms with E-state index in [0.717, 1.165) is 0 Å². The number of hydrogen-bond acceptors (Lipinski definition) is 1. The van der Waals surface area contributed by atoms with Crippen molar-refractivity contribution in [2.75, 3.05) is 0 Å². The number of rotatable bonds is 0. The van der Waals surface area contributed by atoms with Gasteiger partial charge in [-0.15, -0.1) is 0 Å². The van der Waals surface area contributed by atoms with Crippen molar-refractivity contribution in [2.24, 2.45) is 0 Å². The summed E-state index contributed by atoms with van der Waals surface area (Å²) in [5.74, 6) is 0. The predicted octanol–water partition coefficient (Wildman–Crippen LogP) is 0.518. The molecule has 0 saturated heterocycles. The van der Waals surface area contributed by atoms with E-state index in [2.05, 4.69) is 4.42 Å². The topological polar surface area (TPSA) is 13.1 Å². The Morgan fingerprint density at radius 3 is 1.57 bits per heavy atom. The molecule has 1 heterocycles. The van der Waals surface area contributed by atoms with Gasteiger partial charge in [-0.3, -0.25) is 0 Å². The maximum Gasteiger partial charge on any atom is 0.0902 e. The van der Waals surface area contributed by atoms with Gasteiger partial charge in [0.1, 0.15) is 0 Å². The molecule has 0 aliphatic rings. The van der Waals surface area contributed by atoms with E-state index in [1.807, 2.05) is 12.1 Å². The van der Waals surface area contributed by atoms with Crippen LogP contribution >= 0.6 is 0 Å². The summed E-state index contributed by atoms with van der Waals surface area (Å²) in [6.07, 6.45) is 3.25. The van der Waals surface area contributed by atoms with Crippen molar-refractivity contribution in [2.45, 2.75) is 0 Å². The average Bonchev–Trinajstić information content (AvgIpc) is 1.76. The molecule has 7 heavy (non-hydrogen) atoms. The third kappa shape index (κ3) is 4.81. The Morgan fingerprint density at radius 2 is 1.43 bits per heavy atom. The van der Waals surface area contributed by atoms with Crippen molar-refractivity contribution in [3.63, 3.8) is 0 Å². The molecule has 1 nitrogen and oxygen atoms in total. The van der Waals surface area contributed by atoms with Crippen LogP contribution in [0.15, 0.2) is 29.1 Å². The van der Waals surface area contributed by atoms with Gasteiger partial charge in [0.05, 0.1) is 12.5 Å². The van der Waals surface area contributed by atoms with Crippen molar-refractivity contribution in [1.29, 1.82) is 0 Å². The Morgan fingerprint density at radius 1 is 1.00 bits per heavy atom. The Hall–Kier alpha value is 0.949. The summed E-state index contributed by atoms with van der Waals surface area (Å²) in [7, 11) is 0. The predicted molar refractivity (Wildman–Crippen MR) is 30.2 cm³/mol. The van der Waals surface area contributed by atoms with Gasteiger partial charge in [-0.2, -0.15) is 0 Å². The molecule has 0 aliphatic heterocycles. The molecule has 1 rings (SSSR count). The molecule has 3 heteroatoms. The van der Waals surface area contributed by atoms with Crippen LogP contribution < -0.4 is 0 Å². The molecule has 0 amide bonds. The third-order valence-corrected chi connectivity index (χ3v) is 0.425. The monoisotopic (exact) mass is 303 g/mol. The molecule has 0 saturated carbocycles. The van der Waals surface area contributed by atoms with E-state index in [1.54, 1.807) is 12.5 Å². The zero-order valence-electron chi connectivity index (χ0n) is 3.79. The van der Waals surface area contributed by atoms with Gasteiger partial charge in [0.15, 0.2) is 0 Å². The van der Waals surface area contributed by atoms with E-state index in [4.69, 9.17) is 0 Å². The van der Waals surface area contributed by atoms with Gasteiger partial charge in [-0.05, 0) is 12.1 Å². The molecule has 0 unspecified atom stereocenters.